The van der Waals surface area contributed by atoms with Crippen molar-refractivity contribution >= 4 is 29.2 Å². The lowest BCUT2D eigenvalue weighted by molar-refractivity contribution is 0.318. The molecule has 0 spiro atoms. The molecule has 0 bridgehead atoms. The molecule has 1 aromatic carbocycles. The summed E-state index contributed by atoms with van der Waals surface area (Å²) in [6, 6.07) is 9.65. The van der Waals surface area contributed by atoms with Gasteiger partial charge in [0.25, 0.3) is 0 Å². The molecule has 3 N–H and O–H groups in total. The van der Waals surface area contributed by atoms with E-state index in [1.165, 1.54) is 0 Å². The number of oxime groups is 1. The average molecular weight is 322 g/mol. The second-order valence-corrected chi connectivity index (χ2v) is 6.08. The molecule has 0 radical (unpaired) electrons. The van der Waals surface area contributed by atoms with Crippen LogP contribution in [0, 0.1) is 13.8 Å². The summed E-state index contributed by atoms with van der Waals surface area (Å²) in [5.41, 5.74) is 9.26. The Hall–Kier alpha value is -1.72. The number of halogens is 1. The minimum Gasteiger partial charge on any atom is -0.409 e. The summed E-state index contributed by atoms with van der Waals surface area (Å²) in [5.74, 6) is 0.852. The fraction of sp³-hybridized carbons (Fsp3) is 0.200. The van der Waals surface area contributed by atoms with Gasteiger partial charge in [-0.1, -0.05) is 28.9 Å². The SMILES string of the molecule is Cc1cc(SCc2ccc(Cl)cc2)c(/C(N)=N/O)c(C)n1. The van der Waals surface area contributed by atoms with Crippen LogP contribution in [0.25, 0.3) is 0 Å². The quantitative estimate of drug-likeness (QED) is 0.296. The summed E-state index contributed by atoms with van der Waals surface area (Å²) in [4.78, 5) is 5.32. The molecule has 0 fully saturated rings. The van der Waals surface area contributed by atoms with E-state index >= 15 is 0 Å². The Kier molecular flexibility index (Phi) is 5.09. The van der Waals surface area contributed by atoms with Gasteiger partial charge in [0.05, 0.1) is 5.56 Å². The molecule has 2 aromatic rings. The molecule has 21 heavy (non-hydrogen) atoms. The monoisotopic (exact) mass is 321 g/mol. The third-order valence-corrected chi connectivity index (χ3v) is 4.33. The van der Waals surface area contributed by atoms with Crippen LogP contribution in [0.2, 0.25) is 5.02 Å². The van der Waals surface area contributed by atoms with E-state index in [1.807, 2.05) is 44.2 Å². The number of hydrogen-bond donors (Lipinski definition) is 2. The van der Waals surface area contributed by atoms with E-state index in [9.17, 15) is 0 Å². The van der Waals surface area contributed by atoms with Crippen molar-refractivity contribution in [1.29, 1.82) is 0 Å². The molecule has 0 amide bonds. The first-order valence-corrected chi connectivity index (χ1v) is 7.71. The topological polar surface area (TPSA) is 71.5 Å². The number of amidine groups is 1. The lowest BCUT2D eigenvalue weighted by Crippen LogP contribution is -2.17. The maximum absolute atomic E-state index is 8.93. The van der Waals surface area contributed by atoms with Crippen LogP contribution in [0.5, 0.6) is 0 Å². The van der Waals surface area contributed by atoms with Crippen molar-refractivity contribution in [3.05, 3.63) is 57.9 Å². The number of pyridine rings is 1. The molecule has 0 aliphatic carbocycles. The molecule has 4 nitrogen and oxygen atoms in total. The first-order chi connectivity index (χ1) is 10.0. The number of aryl methyl sites for hydroxylation is 2. The predicted octanol–water partition coefficient (Wildman–Crippen LogP) is 3.74. The predicted molar refractivity (Wildman–Crippen MR) is 87.2 cm³/mol. The first-order valence-electron chi connectivity index (χ1n) is 6.34. The molecule has 0 aliphatic rings. The molecule has 110 valence electrons. The Bertz CT molecular complexity index is 671. The van der Waals surface area contributed by atoms with Gasteiger partial charge in [-0.2, -0.15) is 0 Å². The Morgan fingerprint density at radius 2 is 2.00 bits per heavy atom. The van der Waals surface area contributed by atoms with E-state index in [-0.39, 0.29) is 5.84 Å². The first kappa shape index (κ1) is 15.7. The lowest BCUT2D eigenvalue weighted by atomic mass is 10.1. The second kappa shape index (κ2) is 6.83. The van der Waals surface area contributed by atoms with Gasteiger partial charge in [-0.15, -0.1) is 11.8 Å². The summed E-state index contributed by atoms with van der Waals surface area (Å²) in [5, 5.41) is 12.8. The highest BCUT2D eigenvalue weighted by molar-refractivity contribution is 7.98. The van der Waals surface area contributed by atoms with Gasteiger partial charge in [0, 0.05) is 27.1 Å². The second-order valence-electron chi connectivity index (χ2n) is 4.62. The molecule has 6 heteroatoms. The van der Waals surface area contributed by atoms with Crippen LogP contribution < -0.4 is 5.73 Å². The molecular formula is C15H16ClN3OS. The number of nitrogens with zero attached hydrogens (tertiary/aromatic N) is 2. The fourth-order valence-electron chi connectivity index (χ4n) is 2.01. The zero-order valence-electron chi connectivity index (χ0n) is 11.8. The Balaban J connectivity index is 2.28. The molecule has 0 saturated heterocycles. The van der Waals surface area contributed by atoms with Crippen LogP contribution in [0.15, 0.2) is 40.4 Å². The van der Waals surface area contributed by atoms with Crippen LogP contribution in [0.4, 0.5) is 0 Å². The molecule has 0 unspecified atom stereocenters. The average Bonchev–Trinajstić information content (AvgIpc) is 2.45. The van der Waals surface area contributed by atoms with Gasteiger partial charge in [-0.3, -0.25) is 4.98 Å². The van der Waals surface area contributed by atoms with E-state index in [0.29, 0.717) is 5.56 Å². The van der Waals surface area contributed by atoms with E-state index in [0.717, 1.165) is 32.6 Å². The highest BCUT2D eigenvalue weighted by Crippen LogP contribution is 2.28. The number of rotatable bonds is 4. The van der Waals surface area contributed by atoms with Crippen LogP contribution in [0.3, 0.4) is 0 Å². The summed E-state index contributed by atoms with van der Waals surface area (Å²) in [6.07, 6.45) is 0. The maximum atomic E-state index is 8.93. The van der Waals surface area contributed by atoms with Crippen molar-refractivity contribution < 1.29 is 5.21 Å². The molecule has 0 aliphatic heterocycles. The van der Waals surface area contributed by atoms with Crippen molar-refractivity contribution in [2.24, 2.45) is 10.9 Å². The molecule has 0 atom stereocenters. The molecule has 1 heterocycles. The van der Waals surface area contributed by atoms with Crippen molar-refractivity contribution in [2.75, 3.05) is 0 Å². The van der Waals surface area contributed by atoms with Crippen molar-refractivity contribution in [3.8, 4) is 0 Å². The van der Waals surface area contributed by atoms with Gasteiger partial charge >= 0.3 is 0 Å². The highest BCUT2D eigenvalue weighted by Gasteiger charge is 2.13. The van der Waals surface area contributed by atoms with Gasteiger partial charge in [-0.05, 0) is 37.6 Å². The van der Waals surface area contributed by atoms with Crippen molar-refractivity contribution in [2.45, 2.75) is 24.5 Å². The summed E-state index contributed by atoms with van der Waals surface area (Å²) in [6.45, 7) is 3.78. The Morgan fingerprint density at radius 3 is 2.62 bits per heavy atom. The lowest BCUT2D eigenvalue weighted by Gasteiger charge is -2.12. The van der Waals surface area contributed by atoms with E-state index in [1.54, 1.807) is 11.8 Å². The number of thioether (sulfide) groups is 1. The van der Waals surface area contributed by atoms with E-state index in [4.69, 9.17) is 22.5 Å². The smallest absolute Gasteiger partial charge is 0.173 e. The zero-order valence-corrected chi connectivity index (χ0v) is 13.4. The van der Waals surface area contributed by atoms with Crippen LogP contribution in [0.1, 0.15) is 22.5 Å². The number of benzene rings is 1. The molecular weight excluding hydrogens is 306 g/mol. The fourth-order valence-corrected chi connectivity index (χ4v) is 3.30. The number of hydrogen-bond acceptors (Lipinski definition) is 4. The molecule has 0 saturated carbocycles. The molecule has 2 rings (SSSR count). The largest absolute Gasteiger partial charge is 0.409 e. The highest BCUT2D eigenvalue weighted by atomic mass is 35.5. The number of aromatic nitrogens is 1. The van der Waals surface area contributed by atoms with Crippen LogP contribution >= 0.6 is 23.4 Å². The zero-order chi connectivity index (χ0) is 15.4. The van der Waals surface area contributed by atoms with Gasteiger partial charge in [0.15, 0.2) is 5.84 Å². The Labute approximate surface area is 133 Å². The van der Waals surface area contributed by atoms with Gasteiger partial charge < -0.3 is 10.9 Å². The summed E-state index contributed by atoms with van der Waals surface area (Å²) >= 11 is 7.50. The minimum atomic E-state index is 0.0820. The Morgan fingerprint density at radius 1 is 1.33 bits per heavy atom. The third-order valence-electron chi connectivity index (χ3n) is 2.96. The molecule has 1 aromatic heterocycles. The van der Waals surface area contributed by atoms with Crippen molar-refractivity contribution in [3.63, 3.8) is 0 Å². The normalized spacial score (nSPS) is 11.7. The van der Waals surface area contributed by atoms with Gasteiger partial charge in [0.1, 0.15) is 0 Å². The minimum absolute atomic E-state index is 0.0820. The van der Waals surface area contributed by atoms with Gasteiger partial charge in [0.2, 0.25) is 0 Å². The van der Waals surface area contributed by atoms with Crippen molar-refractivity contribution in [1.82, 2.24) is 4.98 Å². The van der Waals surface area contributed by atoms with Crippen LogP contribution in [-0.2, 0) is 5.75 Å². The van der Waals surface area contributed by atoms with Crippen LogP contribution in [-0.4, -0.2) is 16.0 Å². The number of nitrogens with two attached hydrogens (primary N) is 1. The summed E-state index contributed by atoms with van der Waals surface area (Å²) in [7, 11) is 0. The third kappa shape index (κ3) is 3.89. The van der Waals surface area contributed by atoms with E-state index in [2.05, 4.69) is 10.1 Å². The van der Waals surface area contributed by atoms with E-state index < -0.39 is 0 Å². The van der Waals surface area contributed by atoms with Gasteiger partial charge in [-0.25, -0.2) is 0 Å². The summed E-state index contributed by atoms with van der Waals surface area (Å²) < 4.78 is 0. The maximum Gasteiger partial charge on any atom is 0.173 e. The standard InChI is InChI=1S/C15H16ClN3OS/c1-9-7-13(14(10(2)18-9)15(17)19-20)21-8-11-3-5-12(16)6-4-11/h3-7,20H,8H2,1-2H3,(H2,17,19).